The van der Waals surface area contributed by atoms with Gasteiger partial charge in [0.2, 0.25) is 0 Å². The summed E-state index contributed by atoms with van der Waals surface area (Å²) in [5.41, 5.74) is -0.382. The first-order valence-electron chi connectivity index (χ1n) is 5.73. The Balaban J connectivity index is 1.84. The molecule has 1 fully saturated rings. The summed E-state index contributed by atoms with van der Waals surface area (Å²) >= 11 is 0. The Bertz CT molecular complexity index is 459. The van der Waals surface area contributed by atoms with Gasteiger partial charge in [0, 0.05) is 0 Å². The van der Waals surface area contributed by atoms with E-state index in [1.165, 1.54) is 12.1 Å². The summed E-state index contributed by atoms with van der Waals surface area (Å²) in [6.07, 6.45) is 1.91. The molecule has 1 aromatic carbocycles. The van der Waals surface area contributed by atoms with Gasteiger partial charge in [-0.05, 0) is 43.5 Å². The quantitative estimate of drug-likeness (QED) is 0.806. The molecule has 0 spiro atoms. The van der Waals surface area contributed by atoms with Gasteiger partial charge in [0.1, 0.15) is 5.75 Å². The minimum Gasteiger partial charge on any atom is -0.494 e. The van der Waals surface area contributed by atoms with Gasteiger partial charge in [-0.3, -0.25) is 4.79 Å². The molecule has 0 bridgehead atoms. The summed E-state index contributed by atoms with van der Waals surface area (Å²) in [6.45, 7) is 0.332. The molecule has 1 aliphatic carbocycles. The number of aromatic carboxylic acids is 1. The first-order valence-corrected chi connectivity index (χ1v) is 5.73. The molecule has 0 amide bonds. The molecule has 0 heterocycles. The van der Waals surface area contributed by atoms with Crippen LogP contribution in [0.4, 0.5) is 0 Å². The molecule has 5 nitrogen and oxygen atoms in total. The number of aliphatic carboxylic acids is 1. The lowest BCUT2D eigenvalue weighted by Gasteiger charge is -2.10. The van der Waals surface area contributed by atoms with Crippen LogP contribution in [-0.4, -0.2) is 28.8 Å². The van der Waals surface area contributed by atoms with Crippen molar-refractivity contribution in [2.24, 2.45) is 5.41 Å². The summed E-state index contributed by atoms with van der Waals surface area (Å²) in [4.78, 5) is 21.6. The number of carbonyl (C=O) groups is 2. The van der Waals surface area contributed by atoms with Crippen LogP contribution in [0, 0.1) is 5.41 Å². The van der Waals surface area contributed by atoms with E-state index in [4.69, 9.17) is 14.9 Å². The third-order valence-electron chi connectivity index (χ3n) is 3.26. The van der Waals surface area contributed by atoms with Crippen LogP contribution in [0.2, 0.25) is 0 Å². The summed E-state index contributed by atoms with van der Waals surface area (Å²) in [7, 11) is 0. The topological polar surface area (TPSA) is 83.8 Å². The van der Waals surface area contributed by atoms with Crippen molar-refractivity contribution in [3.63, 3.8) is 0 Å². The molecule has 96 valence electrons. The Labute approximate surface area is 104 Å². The van der Waals surface area contributed by atoms with Crippen LogP contribution >= 0.6 is 0 Å². The fourth-order valence-corrected chi connectivity index (χ4v) is 1.78. The Morgan fingerprint density at radius 1 is 1.17 bits per heavy atom. The number of benzene rings is 1. The summed E-state index contributed by atoms with van der Waals surface area (Å²) < 4.78 is 5.41. The average Bonchev–Trinajstić information content (AvgIpc) is 3.11. The van der Waals surface area contributed by atoms with E-state index in [0.717, 1.165) is 0 Å². The predicted octanol–water partition coefficient (Wildman–Crippen LogP) is 2.02. The lowest BCUT2D eigenvalue weighted by atomic mass is 10.0. The Kier molecular flexibility index (Phi) is 3.23. The lowest BCUT2D eigenvalue weighted by Crippen LogP contribution is -2.17. The first-order chi connectivity index (χ1) is 8.53. The Morgan fingerprint density at radius 2 is 1.78 bits per heavy atom. The van der Waals surface area contributed by atoms with Gasteiger partial charge in [-0.15, -0.1) is 0 Å². The maximum atomic E-state index is 10.9. The van der Waals surface area contributed by atoms with Crippen molar-refractivity contribution >= 4 is 11.9 Å². The highest BCUT2D eigenvalue weighted by molar-refractivity contribution is 5.87. The second-order valence-corrected chi connectivity index (χ2v) is 4.51. The summed E-state index contributed by atoms with van der Waals surface area (Å²) in [5, 5.41) is 17.7. The van der Waals surface area contributed by atoms with Gasteiger partial charge >= 0.3 is 11.9 Å². The van der Waals surface area contributed by atoms with E-state index < -0.39 is 17.4 Å². The van der Waals surface area contributed by atoms with Crippen LogP contribution in [0.5, 0.6) is 5.75 Å². The van der Waals surface area contributed by atoms with Crippen molar-refractivity contribution in [3.8, 4) is 5.75 Å². The third-order valence-corrected chi connectivity index (χ3v) is 3.26. The standard InChI is InChI=1S/C13H14O5/c14-11(15)9-1-3-10(4-2-9)18-8-7-13(5-6-13)12(16)17/h1-4H,5-8H2,(H,14,15)(H,16,17). The summed E-state index contributed by atoms with van der Waals surface area (Å²) in [5.74, 6) is -1.18. The molecule has 1 aromatic rings. The molecular formula is C13H14O5. The van der Waals surface area contributed by atoms with Gasteiger partial charge in [-0.2, -0.15) is 0 Å². The Morgan fingerprint density at radius 3 is 2.22 bits per heavy atom. The summed E-state index contributed by atoms with van der Waals surface area (Å²) in [6, 6.07) is 6.07. The molecule has 0 aliphatic heterocycles. The second-order valence-electron chi connectivity index (χ2n) is 4.51. The Hall–Kier alpha value is -2.04. The van der Waals surface area contributed by atoms with E-state index in [-0.39, 0.29) is 5.56 Å². The van der Waals surface area contributed by atoms with Gasteiger partial charge in [0.15, 0.2) is 0 Å². The molecule has 5 heteroatoms. The zero-order chi connectivity index (χ0) is 13.2. The van der Waals surface area contributed by atoms with Crippen LogP contribution in [0.1, 0.15) is 29.6 Å². The predicted molar refractivity (Wildman–Crippen MR) is 62.8 cm³/mol. The fourth-order valence-electron chi connectivity index (χ4n) is 1.78. The number of ether oxygens (including phenoxy) is 1. The minimum atomic E-state index is -0.982. The van der Waals surface area contributed by atoms with E-state index in [1.807, 2.05) is 0 Å². The van der Waals surface area contributed by atoms with Crippen molar-refractivity contribution in [2.75, 3.05) is 6.61 Å². The molecule has 0 atom stereocenters. The maximum Gasteiger partial charge on any atom is 0.335 e. The van der Waals surface area contributed by atoms with Crippen LogP contribution in [-0.2, 0) is 4.79 Å². The molecule has 18 heavy (non-hydrogen) atoms. The van der Waals surface area contributed by atoms with Gasteiger partial charge < -0.3 is 14.9 Å². The van der Waals surface area contributed by atoms with Gasteiger partial charge in [0.25, 0.3) is 0 Å². The van der Waals surface area contributed by atoms with Crippen molar-refractivity contribution in [1.29, 1.82) is 0 Å². The largest absolute Gasteiger partial charge is 0.494 e. The third kappa shape index (κ3) is 2.61. The number of hydrogen-bond donors (Lipinski definition) is 2. The van der Waals surface area contributed by atoms with Gasteiger partial charge in [-0.1, -0.05) is 0 Å². The smallest absolute Gasteiger partial charge is 0.335 e. The minimum absolute atomic E-state index is 0.201. The second kappa shape index (κ2) is 4.68. The average molecular weight is 250 g/mol. The first kappa shape index (κ1) is 12.4. The molecule has 0 saturated heterocycles. The molecule has 2 N–H and O–H groups in total. The molecular weight excluding hydrogens is 236 g/mol. The SMILES string of the molecule is O=C(O)c1ccc(OCCC2(C(=O)O)CC2)cc1. The van der Waals surface area contributed by atoms with Crippen LogP contribution in [0.15, 0.2) is 24.3 Å². The number of hydrogen-bond acceptors (Lipinski definition) is 3. The van der Waals surface area contributed by atoms with Gasteiger partial charge in [-0.25, -0.2) is 4.79 Å². The van der Waals surface area contributed by atoms with E-state index in [1.54, 1.807) is 12.1 Å². The normalized spacial score (nSPS) is 16.0. The molecule has 0 unspecified atom stereocenters. The van der Waals surface area contributed by atoms with E-state index >= 15 is 0 Å². The zero-order valence-corrected chi connectivity index (χ0v) is 9.76. The number of carboxylic acids is 2. The highest BCUT2D eigenvalue weighted by atomic mass is 16.5. The van der Waals surface area contributed by atoms with Crippen LogP contribution in [0.3, 0.4) is 0 Å². The molecule has 0 aromatic heterocycles. The molecule has 1 saturated carbocycles. The maximum absolute atomic E-state index is 10.9. The zero-order valence-electron chi connectivity index (χ0n) is 9.76. The highest BCUT2D eigenvalue weighted by Crippen LogP contribution is 2.48. The van der Waals surface area contributed by atoms with Crippen molar-refractivity contribution in [1.82, 2.24) is 0 Å². The monoisotopic (exact) mass is 250 g/mol. The molecule has 0 radical (unpaired) electrons. The van der Waals surface area contributed by atoms with Crippen molar-refractivity contribution in [2.45, 2.75) is 19.3 Å². The van der Waals surface area contributed by atoms with E-state index in [9.17, 15) is 9.59 Å². The highest BCUT2D eigenvalue weighted by Gasteiger charge is 2.49. The van der Waals surface area contributed by atoms with Crippen LogP contribution in [0.25, 0.3) is 0 Å². The molecule has 1 aliphatic rings. The van der Waals surface area contributed by atoms with Crippen molar-refractivity contribution in [3.05, 3.63) is 29.8 Å². The van der Waals surface area contributed by atoms with Crippen LogP contribution < -0.4 is 4.74 Å². The fraction of sp³-hybridized carbons (Fsp3) is 0.385. The van der Waals surface area contributed by atoms with E-state index in [2.05, 4.69) is 0 Å². The van der Waals surface area contributed by atoms with E-state index in [0.29, 0.717) is 31.6 Å². The van der Waals surface area contributed by atoms with Gasteiger partial charge in [0.05, 0.1) is 17.6 Å². The number of rotatable bonds is 6. The molecule has 2 rings (SSSR count). The lowest BCUT2D eigenvalue weighted by molar-refractivity contribution is -0.143. The van der Waals surface area contributed by atoms with Crippen molar-refractivity contribution < 1.29 is 24.5 Å². The number of carboxylic acid groups (broad SMARTS) is 2.